The molecule has 84 valence electrons. The van der Waals surface area contributed by atoms with E-state index >= 15 is 0 Å². The van der Waals surface area contributed by atoms with Crippen molar-refractivity contribution in [3.63, 3.8) is 0 Å². The molecule has 0 aromatic carbocycles. The Bertz CT molecular complexity index is 238. The van der Waals surface area contributed by atoms with Crippen LogP contribution in [0.15, 0.2) is 0 Å². The van der Waals surface area contributed by atoms with Crippen LogP contribution in [0.25, 0.3) is 0 Å². The van der Waals surface area contributed by atoms with E-state index in [1.165, 1.54) is 32.1 Å². The standard InChI is InChI=1S/C12H20N2O/c1-14(12(15)8-5-9-13)10-11-6-3-2-4-7-11/h11H,2-8,10H2,1H3. The zero-order valence-corrected chi connectivity index (χ0v) is 9.54. The minimum atomic E-state index is 0.113. The van der Waals surface area contributed by atoms with E-state index in [0.29, 0.717) is 18.8 Å². The van der Waals surface area contributed by atoms with E-state index < -0.39 is 0 Å². The van der Waals surface area contributed by atoms with Crippen molar-refractivity contribution in [2.45, 2.75) is 44.9 Å². The van der Waals surface area contributed by atoms with Gasteiger partial charge in [0.25, 0.3) is 0 Å². The number of hydrogen-bond donors (Lipinski definition) is 0. The van der Waals surface area contributed by atoms with Crippen LogP contribution in [-0.4, -0.2) is 24.4 Å². The van der Waals surface area contributed by atoms with Gasteiger partial charge in [-0.25, -0.2) is 0 Å². The minimum Gasteiger partial charge on any atom is -0.345 e. The van der Waals surface area contributed by atoms with E-state index in [1.807, 2.05) is 13.1 Å². The summed E-state index contributed by atoms with van der Waals surface area (Å²) in [5.74, 6) is 0.803. The van der Waals surface area contributed by atoms with Gasteiger partial charge in [0, 0.05) is 26.4 Å². The average Bonchev–Trinajstić information content (AvgIpc) is 2.27. The molecule has 0 saturated heterocycles. The number of hydrogen-bond acceptors (Lipinski definition) is 2. The lowest BCUT2D eigenvalue weighted by Crippen LogP contribution is -2.32. The van der Waals surface area contributed by atoms with Crippen LogP contribution in [-0.2, 0) is 4.79 Å². The lowest BCUT2D eigenvalue weighted by atomic mass is 9.89. The van der Waals surface area contributed by atoms with E-state index in [1.54, 1.807) is 4.90 Å². The Labute approximate surface area is 92.1 Å². The van der Waals surface area contributed by atoms with E-state index in [2.05, 4.69) is 0 Å². The largest absolute Gasteiger partial charge is 0.345 e. The molecular weight excluding hydrogens is 188 g/mol. The smallest absolute Gasteiger partial charge is 0.223 e. The highest BCUT2D eigenvalue weighted by Crippen LogP contribution is 2.24. The van der Waals surface area contributed by atoms with E-state index in [-0.39, 0.29) is 5.91 Å². The Morgan fingerprint density at radius 2 is 2.07 bits per heavy atom. The van der Waals surface area contributed by atoms with Crippen molar-refractivity contribution in [1.29, 1.82) is 5.26 Å². The predicted octanol–water partition coefficient (Wildman–Crippen LogP) is 2.33. The van der Waals surface area contributed by atoms with Gasteiger partial charge >= 0.3 is 0 Å². The van der Waals surface area contributed by atoms with Gasteiger partial charge in [-0.2, -0.15) is 5.26 Å². The molecule has 1 aliphatic carbocycles. The first-order valence-corrected chi connectivity index (χ1v) is 5.85. The Kier molecular flexibility index (Phi) is 5.17. The van der Waals surface area contributed by atoms with Crippen molar-refractivity contribution in [3.8, 4) is 6.07 Å². The van der Waals surface area contributed by atoms with Gasteiger partial charge in [-0.1, -0.05) is 19.3 Å². The number of carbonyl (C=O) groups excluding carboxylic acids is 1. The van der Waals surface area contributed by atoms with Crippen LogP contribution in [0.4, 0.5) is 0 Å². The monoisotopic (exact) mass is 208 g/mol. The van der Waals surface area contributed by atoms with E-state index in [0.717, 1.165) is 6.54 Å². The summed E-state index contributed by atoms with van der Waals surface area (Å²) in [5.41, 5.74) is 0. The van der Waals surface area contributed by atoms with Gasteiger partial charge in [-0.3, -0.25) is 4.79 Å². The maximum Gasteiger partial charge on any atom is 0.223 e. The SMILES string of the molecule is CN(CC1CCCCC1)C(=O)CCC#N. The Morgan fingerprint density at radius 3 is 2.67 bits per heavy atom. The molecule has 1 rings (SSSR count). The maximum absolute atomic E-state index is 11.6. The predicted molar refractivity (Wildman–Crippen MR) is 59.1 cm³/mol. The molecule has 1 fully saturated rings. The van der Waals surface area contributed by atoms with Crippen molar-refractivity contribution in [1.82, 2.24) is 4.90 Å². The molecule has 0 spiro atoms. The van der Waals surface area contributed by atoms with Crippen molar-refractivity contribution in [2.24, 2.45) is 5.92 Å². The van der Waals surface area contributed by atoms with Gasteiger partial charge in [0.15, 0.2) is 0 Å². The molecule has 0 N–H and O–H groups in total. The first-order chi connectivity index (χ1) is 7.24. The topological polar surface area (TPSA) is 44.1 Å². The molecule has 0 bridgehead atoms. The average molecular weight is 208 g/mol. The van der Waals surface area contributed by atoms with Gasteiger partial charge in [-0.05, 0) is 18.8 Å². The van der Waals surface area contributed by atoms with Crippen molar-refractivity contribution in [3.05, 3.63) is 0 Å². The molecule has 1 saturated carbocycles. The van der Waals surface area contributed by atoms with Gasteiger partial charge in [0.1, 0.15) is 0 Å². The number of amides is 1. The van der Waals surface area contributed by atoms with Crippen LogP contribution >= 0.6 is 0 Å². The molecule has 3 nitrogen and oxygen atoms in total. The highest BCUT2D eigenvalue weighted by molar-refractivity contribution is 5.76. The molecular formula is C12H20N2O. The number of rotatable bonds is 4. The van der Waals surface area contributed by atoms with E-state index in [9.17, 15) is 4.79 Å². The second-order valence-electron chi connectivity index (χ2n) is 4.44. The highest BCUT2D eigenvalue weighted by Gasteiger charge is 2.17. The Morgan fingerprint density at radius 1 is 1.40 bits per heavy atom. The molecule has 0 unspecified atom stereocenters. The van der Waals surface area contributed by atoms with Gasteiger partial charge < -0.3 is 4.90 Å². The van der Waals surface area contributed by atoms with Crippen LogP contribution in [0.5, 0.6) is 0 Å². The molecule has 0 radical (unpaired) electrons. The third-order valence-corrected chi connectivity index (χ3v) is 3.13. The third kappa shape index (κ3) is 4.33. The zero-order chi connectivity index (χ0) is 11.1. The fourth-order valence-electron chi connectivity index (χ4n) is 2.21. The van der Waals surface area contributed by atoms with Crippen LogP contribution < -0.4 is 0 Å². The van der Waals surface area contributed by atoms with E-state index in [4.69, 9.17) is 5.26 Å². The van der Waals surface area contributed by atoms with Crippen molar-refractivity contribution < 1.29 is 4.79 Å². The molecule has 1 aliphatic rings. The zero-order valence-electron chi connectivity index (χ0n) is 9.54. The van der Waals surface area contributed by atoms with Crippen LogP contribution in [0.3, 0.4) is 0 Å². The fourth-order valence-corrected chi connectivity index (χ4v) is 2.21. The lowest BCUT2D eigenvalue weighted by molar-refractivity contribution is -0.130. The summed E-state index contributed by atoms with van der Waals surface area (Å²) in [4.78, 5) is 13.3. The maximum atomic E-state index is 11.6. The highest BCUT2D eigenvalue weighted by atomic mass is 16.2. The second-order valence-corrected chi connectivity index (χ2v) is 4.44. The molecule has 1 amide bonds. The minimum absolute atomic E-state index is 0.113. The van der Waals surface area contributed by atoms with Gasteiger partial charge in [0.2, 0.25) is 5.91 Å². The molecule has 3 heteroatoms. The summed E-state index contributed by atoms with van der Waals surface area (Å²) >= 11 is 0. The van der Waals surface area contributed by atoms with Crippen molar-refractivity contribution >= 4 is 5.91 Å². The summed E-state index contributed by atoms with van der Waals surface area (Å²) < 4.78 is 0. The summed E-state index contributed by atoms with van der Waals surface area (Å²) in [6.07, 6.45) is 7.21. The molecule has 0 atom stereocenters. The molecule has 0 heterocycles. The first-order valence-electron chi connectivity index (χ1n) is 5.85. The lowest BCUT2D eigenvalue weighted by Gasteiger charge is -2.26. The normalized spacial score (nSPS) is 17.1. The van der Waals surface area contributed by atoms with Gasteiger partial charge in [-0.15, -0.1) is 0 Å². The molecule has 0 aliphatic heterocycles. The van der Waals surface area contributed by atoms with Crippen molar-refractivity contribution in [2.75, 3.05) is 13.6 Å². The molecule has 0 aromatic rings. The molecule has 15 heavy (non-hydrogen) atoms. The van der Waals surface area contributed by atoms with Crippen LogP contribution in [0, 0.1) is 17.2 Å². The van der Waals surface area contributed by atoms with Crippen LogP contribution in [0.1, 0.15) is 44.9 Å². The first kappa shape index (κ1) is 12.0. The quantitative estimate of drug-likeness (QED) is 0.711. The summed E-state index contributed by atoms with van der Waals surface area (Å²) in [7, 11) is 1.86. The second kappa shape index (κ2) is 6.44. The Hall–Kier alpha value is -1.04. The summed E-state index contributed by atoms with van der Waals surface area (Å²) in [5, 5.41) is 8.40. The molecule has 0 aromatic heterocycles. The van der Waals surface area contributed by atoms with Crippen LogP contribution in [0.2, 0.25) is 0 Å². The summed E-state index contributed by atoms with van der Waals surface area (Å²) in [6, 6.07) is 2.01. The fraction of sp³-hybridized carbons (Fsp3) is 0.833. The third-order valence-electron chi connectivity index (χ3n) is 3.13. The summed E-state index contributed by atoms with van der Waals surface area (Å²) in [6.45, 7) is 0.879. The number of nitrogens with zero attached hydrogens (tertiary/aromatic N) is 2. The number of carbonyl (C=O) groups is 1. The Balaban J connectivity index is 2.24. The van der Waals surface area contributed by atoms with Gasteiger partial charge in [0.05, 0.1) is 6.07 Å². The number of nitriles is 1.